The zero-order valence-corrected chi connectivity index (χ0v) is 15.0. The van der Waals surface area contributed by atoms with E-state index in [9.17, 15) is 0 Å². The van der Waals surface area contributed by atoms with E-state index in [1.807, 2.05) is 11.8 Å². The molecule has 0 aromatic carbocycles. The van der Waals surface area contributed by atoms with Crippen LogP contribution in [0.25, 0.3) is 0 Å². The normalized spacial score (nSPS) is 18.2. The second kappa shape index (κ2) is 9.11. The molecule has 1 aliphatic heterocycles. The summed E-state index contributed by atoms with van der Waals surface area (Å²) < 4.78 is 0.444. The molecule has 1 aliphatic rings. The minimum absolute atomic E-state index is 0.444. The molecule has 1 heterocycles. The number of rotatable bonds is 8. The van der Waals surface area contributed by atoms with E-state index in [2.05, 4.69) is 50.2 Å². The first-order valence-electron chi connectivity index (χ1n) is 8.19. The highest BCUT2D eigenvalue weighted by molar-refractivity contribution is 8.00. The van der Waals surface area contributed by atoms with Crippen LogP contribution < -0.4 is 5.32 Å². The fraction of sp³-hybridized carbons (Fsp3) is 0.882. The number of hydrogen-bond acceptors (Lipinski definition) is 3. The Hall–Kier alpha value is 0.01000. The summed E-state index contributed by atoms with van der Waals surface area (Å²) in [6, 6.07) is 0.725. The number of likely N-dealkylation sites (tertiary alicyclic amines) is 1. The van der Waals surface area contributed by atoms with Crippen molar-refractivity contribution < 1.29 is 0 Å². The summed E-state index contributed by atoms with van der Waals surface area (Å²) in [5, 5.41) is 3.84. The lowest BCUT2D eigenvalue weighted by molar-refractivity contribution is 0.212. The summed E-state index contributed by atoms with van der Waals surface area (Å²) in [7, 11) is 0. The van der Waals surface area contributed by atoms with Gasteiger partial charge in [0.1, 0.15) is 0 Å². The summed E-state index contributed by atoms with van der Waals surface area (Å²) >= 11 is 2.04. The minimum atomic E-state index is 0.444. The Kier molecular flexibility index (Phi) is 8.23. The molecule has 1 rings (SSSR count). The Balaban J connectivity index is 2.30. The maximum Gasteiger partial charge on any atom is 0.0276 e. The molecule has 20 heavy (non-hydrogen) atoms. The Bertz CT molecular complexity index is 277. The summed E-state index contributed by atoms with van der Waals surface area (Å²) in [6.07, 6.45) is 9.73. The third-order valence-corrected chi connectivity index (χ3v) is 6.37. The first-order chi connectivity index (χ1) is 9.55. The van der Waals surface area contributed by atoms with Crippen molar-refractivity contribution in [2.24, 2.45) is 0 Å². The van der Waals surface area contributed by atoms with Crippen LogP contribution in [0.5, 0.6) is 0 Å². The second-order valence-electron chi connectivity index (χ2n) is 6.33. The third-order valence-electron chi connectivity index (χ3n) is 4.78. The Morgan fingerprint density at radius 1 is 1.25 bits per heavy atom. The average Bonchev–Trinajstić information content (AvgIpc) is 2.48. The van der Waals surface area contributed by atoms with Crippen molar-refractivity contribution in [1.29, 1.82) is 0 Å². The van der Waals surface area contributed by atoms with Gasteiger partial charge in [0.15, 0.2) is 0 Å². The van der Waals surface area contributed by atoms with E-state index in [0.717, 1.165) is 12.6 Å². The van der Waals surface area contributed by atoms with Gasteiger partial charge in [0.05, 0.1) is 0 Å². The molecule has 1 saturated heterocycles. The van der Waals surface area contributed by atoms with E-state index < -0.39 is 0 Å². The summed E-state index contributed by atoms with van der Waals surface area (Å²) in [4.78, 5) is 2.58. The van der Waals surface area contributed by atoms with Crippen molar-refractivity contribution >= 4 is 11.8 Å². The molecule has 2 nitrogen and oxygen atoms in total. The van der Waals surface area contributed by atoms with Crippen LogP contribution in [0.15, 0.2) is 11.6 Å². The van der Waals surface area contributed by atoms with Gasteiger partial charge in [-0.15, -0.1) is 0 Å². The van der Waals surface area contributed by atoms with Gasteiger partial charge in [-0.1, -0.05) is 25.5 Å². The van der Waals surface area contributed by atoms with Crippen LogP contribution in [-0.4, -0.2) is 48.1 Å². The summed E-state index contributed by atoms with van der Waals surface area (Å²) in [5.41, 5.74) is 1.43. The molecule has 0 amide bonds. The van der Waals surface area contributed by atoms with Crippen molar-refractivity contribution in [3.63, 3.8) is 0 Å². The number of nitrogens with one attached hydrogen (secondary N) is 1. The van der Waals surface area contributed by atoms with Crippen molar-refractivity contribution in [3.05, 3.63) is 11.6 Å². The van der Waals surface area contributed by atoms with Crippen molar-refractivity contribution in [3.8, 4) is 0 Å². The maximum absolute atomic E-state index is 3.84. The molecule has 118 valence electrons. The predicted octanol–water partition coefficient (Wildman–Crippen LogP) is 3.93. The van der Waals surface area contributed by atoms with Gasteiger partial charge in [-0.25, -0.2) is 0 Å². The van der Waals surface area contributed by atoms with Gasteiger partial charge in [-0.3, -0.25) is 4.90 Å². The van der Waals surface area contributed by atoms with Gasteiger partial charge in [0.25, 0.3) is 0 Å². The molecular weight excluding hydrogens is 264 g/mol. The van der Waals surface area contributed by atoms with E-state index >= 15 is 0 Å². The van der Waals surface area contributed by atoms with Gasteiger partial charge in [0.2, 0.25) is 0 Å². The molecule has 0 atom stereocenters. The molecule has 0 saturated carbocycles. The molecule has 3 heteroatoms. The molecule has 0 aromatic heterocycles. The van der Waals surface area contributed by atoms with Crippen LogP contribution in [0.4, 0.5) is 0 Å². The molecular formula is C17H34N2S. The topological polar surface area (TPSA) is 15.3 Å². The standard InChI is InChI=1S/C17H34N2S/c1-6-17(7-2,20-5)14-18-16-9-12-19(13-10-16)11-8-15(3)4/h8,16,18H,6-7,9-14H2,1-5H3. The highest BCUT2D eigenvalue weighted by Gasteiger charge is 2.26. The van der Waals surface area contributed by atoms with Crippen LogP contribution in [0.2, 0.25) is 0 Å². The van der Waals surface area contributed by atoms with Gasteiger partial charge < -0.3 is 5.32 Å². The van der Waals surface area contributed by atoms with Gasteiger partial charge in [0, 0.05) is 23.9 Å². The zero-order chi connectivity index (χ0) is 15.0. The highest BCUT2D eigenvalue weighted by atomic mass is 32.2. The first-order valence-corrected chi connectivity index (χ1v) is 9.42. The van der Waals surface area contributed by atoms with Crippen molar-refractivity contribution in [1.82, 2.24) is 10.2 Å². The van der Waals surface area contributed by atoms with Crippen molar-refractivity contribution in [2.45, 2.75) is 64.2 Å². The van der Waals surface area contributed by atoms with Crippen LogP contribution in [0.3, 0.4) is 0 Å². The Labute approximate surface area is 130 Å². The van der Waals surface area contributed by atoms with Crippen LogP contribution in [0, 0.1) is 0 Å². The Morgan fingerprint density at radius 3 is 2.30 bits per heavy atom. The van der Waals surface area contributed by atoms with E-state index in [-0.39, 0.29) is 0 Å². The molecule has 0 spiro atoms. The number of allylic oxidation sites excluding steroid dienone is 1. The molecule has 0 aliphatic carbocycles. The smallest absolute Gasteiger partial charge is 0.0276 e. The van der Waals surface area contributed by atoms with E-state index in [0.29, 0.717) is 4.75 Å². The first kappa shape index (κ1) is 18.1. The lowest BCUT2D eigenvalue weighted by atomic mass is 9.99. The predicted molar refractivity (Wildman–Crippen MR) is 93.7 cm³/mol. The number of thioether (sulfide) groups is 1. The van der Waals surface area contributed by atoms with E-state index in [1.54, 1.807) is 0 Å². The molecule has 0 aromatic rings. The van der Waals surface area contributed by atoms with Crippen LogP contribution in [-0.2, 0) is 0 Å². The quantitative estimate of drug-likeness (QED) is 0.684. The Morgan fingerprint density at radius 2 is 1.85 bits per heavy atom. The number of nitrogens with zero attached hydrogens (tertiary/aromatic N) is 1. The van der Waals surface area contributed by atoms with Gasteiger partial charge >= 0.3 is 0 Å². The zero-order valence-electron chi connectivity index (χ0n) is 14.2. The molecule has 0 bridgehead atoms. The largest absolute Gasteiger partial charge is 0.313 e. The molecule has 1 fully saturated rings. The minimum Gasteiger partial charge on any atom is -0.313 e. The monoisotopic (exact) mass is 298 g/mol. The van der Waals surface area contributed by atoms with Gasteiger partial charge in [-0.2, -0.15) is 11.8 Å². The maximum atomic E-state index is 3.84. The van der Waals surface area contributed by atoms with Gasteiger partial charge in [-0.05, 0) is 58.9 Å². The molecule has 1 N–H and O–H groups in total. The van der Waals surface area contributed by atoms with Crippen LogP contribution >= 0.6 is 11.8 Å². The van der Waals surface area contributed by atoms with Crippen LogP contribution in [0.1, 0.15) is 53.4 Å². The summed E-state index contributed by atoms with van der Waals surface area (Å²) in [5.74, 6) is 0. The van der Waals surface area contributed by atoms with E-state index in [1.165, 1.54) is 50.9 Å². The SMILES string of the molecule is CCC(CC)(CNC1CCN(CC=C(C)C)CC1)SC. The number of piperidine rings is 1. The second-order valence-corrected chi connectivity index (χ2v) is 7.61. The molecule has 0 radical (unpaired) electrons. The summed E-state index contributed by atoms with van der Waals surface area (Å²) in [6.45, 7) is 13.8. The third kappa shape index (κ3) is 5.79. The van der Waals surface area contributed by atoms with Crippen molar-refractivity contribution in [2.75, 3.05) is 32.4 Å². The fourth-order valence-corrected chi connectivity index (χ4v) is 3.63. The fourth-order valence-electron chi connectivity index (χ4n) is 2.82. The lowest BCUT2D eigenvalue weighted by Crippen LogP contribution is -2.47. The van der Waals surface area contributed by atoms with E-state index in [4.69, 9.17) is 0 Å². The molecule has 0 unspecified atom stereocenters. The number of hydrogen-bond donors (Lipinski definition) is 1. The average molecular weight is 299 g/mol. The lowest BCUT2D eigenvalue weighted by Gasteiger charge is -2.36. The highest BCUT2D eigenvalue weighted by Crippen LogP contribution is 2.30.